The number of pyridine rings is 1. The normalized spacial score (nSPS) is 10.1. The summed E-state index contributed by atoms with van der Waals surface area (Å²) < 4.78 is 10.6. The monoisotopic (exact) mass is 301 g/mol. The number of nitrogens with zero attached hydrogens (tertiary/aromatic N) is 1. The topological polar surface area (TPSA) is 86.5 Å². The number of benzene rings is 1. The molecule has 1 aromatic heterocycles. The molecule has 1 heterocycles. The van der Waals surface area contributed by atoms with E-state index in [2.05, 4.69) is 10.3 Å². The molecule has 3 N–H and O–H groups in total. The van der Waals surface area contributed by atoms with Gasteiger partial charge in [-0.15, -0.1) is 0 Å². The number of methoxy groups -OCH3 is 2. The highest BCUT2D eigenvalue weighted by atomic mass is 16.5. The quantitative estimate of drug-likeness (QED) is 0.815. The number of anilines is 1. The summed E-state index contributed by atoms with van der Waals surface area (Å²) in [6, 6.07) is 7.38. The Kier molecular flexibility index (Phi) is 5.19. The maximum absolute atomic E-state index is 11.3. The molecule has 0 aliphatic heterocycles. The zero-order valence-corrected chi connectivity index (χ0v) is 12.6. The second-order valence-corrected chi connectivity index (χ2v) is 4.64. The van der Waals surface area contributed by atoms with E-state index in [4.69, 9.17) is 15.2 Å². The molecule has 0 aliphatic rings. The van der Waals surface area contributed by atoms with Crippen LogP contribution in [0, 0.1) is 0 Å². The molecule has 0 saturated heterocycles. The molecule has 22 heavy (non-hydrogen) atoms. The molecule has 2 rings (SSSR count). The van der Waals surface area contributed by atoms with Crippen molar-refractivity contribution in [3.05, 3.63) is 47.8 Å². The van der Waals surface area contributed by atoms with E-state index < -0.39 is 5.91 Å². The number of nitrogens with two attached hydrogens (primary N) is 1. The minimum atomic E-state index is -0.505. The Bertz CT molecular complexity index is 659. The summed E-state index contributed by atoms with van der Waals surface area (Å²) in [6.45, 7) is 0.619. The van der Waals surface area contributed by atoms with Crippen LogP contribution in [0.4, 0.5) is 5.69 Å². The lowest BCUT2D eigenvalue weighted by atomic mass is 10.1. The Morgan fingerprint density at radius 2 is 2.09 bits per heavy atom. The molecule has 0 bridgehead atoms. The van der Waals surface area contributed by atoms with Gasteiger partial charge in [0.25, 0.3) is 5.91 Å². The van der Waals surface area contributed by atoms with Gasteiger partial charge in [0.2, 0.25) is 0 Å². The summed E-state index contributed by atoms with van der Waals surface area (Å²) >= 11 is 0. The first-order chi connectivity index (χ1) is 10.7. The summed E-state index contributed by atoms with van der Waals surface area (Å²) in [7, 11) is 3.26. The van der Waals surface area contributed by atoms with Crippen LogP contribution in [-0.2, 0) is 6.42 Å². The first-order valence-electron chi connectivity index (χ1n) is 6.84. The van der Waals surface area contributed by atoms with Gasteiger partial charge < -0.3 is 20.5 Å². The third kappa shape index (κ3) is 3.66. The Morgan fingerprint density at radius 1 is 1.27 bits per heavy atom. The number of nitrogens with one attached hydrogen (secondary N) is 1. The van der Waals surface area contributed by atoms with Gasteiger partial charge in [0.15, 0.2) is 0 Å². The first-order valence-corrected chi connectivity index (χ1v) is 6.84. The van der Waals surface area contributed by atoms with E-state index in [0.29, 0.717) is 24.2 Å². The van der Waals surface area contributed by atoms with Crippen molar-refractivity contribution in [3.63, 3.8) is 0 Å². The lowest BCUT2D eigenvalue weighted by Crippen LogP contribution is -2.16. The molecule has 0 unspecified atom stereocenters. The number of aromatic nitrogens is 1. The minimum absolute atomic E-state index is 0.375. The van der Waals surface area contributed by atoms with Gasteiger partial charge in [-0.05, 0) is 36.2 Å². The van der Waals surface area contributed by atoms with Crippen molar-refractivity contribution in [2.45, 2.75) is 6.42 Å². The molecular formula is C16H19N3O3. The fraction of sp³-hybridized carbons (Fsp3) is 0.250. The molecular weight excluding hydrogens is 282 g/mol. The molecule has 0 fully saturated rings. The average Bonchev–Trinajstić information content (AvgIpc) is 2.55. The van der Waals surface area contributed by atoms with Crippen LogP contribution in [0.5, 0.6) is 11.5 Å². The average molecular weight is 301 g/mol. The van der Waals surface area contributed by atoms with E-state index in [1.807, 2.05) is 18.2 Å². The first kappa shape index (κ1) is 15.6. The summed E-state index contributed by atoms with van der Waals surface area (Å²) in [4.78, 5) is 15.3. The molecule has 0 radical (unpaired) electrons. The number of carbonyl (C=O) groups excluding carboxylic acids is 1. The predicted octanol–water partition coefficient (Wildman–Crippen LogP) is 1.85. The molecule has 0 atom stereocenters. The smallest absolute Gasteiger partial charge is 0.252 e. The van der Waals surface area contributed by atoms with Crippen molar-refractivity contribution >= 4 is 11.6 Å². The van der Waals surface area contributed by atoms with E-state index in [-0.39, 0.29) is 0 Å². The van der Waals surface area contributed by atoms with E-state index in [1.54, 1.807) is 26.5 Å². The zero-order valence-electron chi connectivity index (χ0n) is 12.6. The van der Waals surface area contributed by atoms with Gasteiger partial charge >= 0.3 is 0 Å². The van der Waals surface area contributed by atoms with E-state index in [9.17, 15) is 4.79 Å². The number of ether oxygens (including phenoxy) is 2. The number of carbonyl (C=O) groups is 1. The molecule has 1 aromatic carbocycles. The molecule has 0 saturated carbocycles. The Balaban J connectivity index is 2.07. The van der Waals surface area contributed by atoms with Crippen LogP contribution < -0.4 is 20.5 Å². The van der Waals surface area contributed by atoms with E-state index in [1.165, 1.54) is 6.20 Å². The van der Waals surface area contributed by atoms with E-state index >= 15 is 0 Å². The highest BCUT2D eigenvalue weighted by molar-refractivity contribution is 5.98. The van der Waals surface area contributed by atoms with Gasteiger partial charge in [-0.25, -0.2) is 0 Å². The number of amides is 1. The van der Waals surface area contributed by atoms with Gasteiger partial charge in [0, 0.05) is 18.9 Å². The number of rotatable bonds is 7. The Morgan fingerprint density at radius 3 is 2.77 bits per heavy atom. The van der Waals surface area contributed by atoms with Gasteiger partial charge in [0.1, 0.15) is 11.5 Å². The number of hydrogen-bond donors (Lipinski definition) is 2. The number of primary amides is 1. The third-order valence-corrected chi connectivity index (χ3v) is 3.28. The van der Waals surface area contributed by atoms with Crippen LogP contribution in [-0.4, -0.2) is 31.7 Å². The maximum atomic E-state index is 11.3. The van der Waals surface area contributed by atoms with Gasteiger partial charge in [0.05, 0.1) is 25.5 Å². The Hall–Kier alpha value is -2.76. The highest BCUT2D eigenvalue weighted by Crippen LogP contribution is 2.24. The summed E-state index contributed by atoms with van der Waals surface area (Å²) in [5.74, 6) is 1.07. The van der Waals surface area contributed by atoms with Gasteiger partial charge in [-0.1, -0.05) is 0 Å². The van der Waals surface area contributed by atoms with Crippen molar-refractivity contribution in [2.75, 3.05) is 26.1 Å². The molecule has 6 heteroatoms. The molecule has 2 aromatic rings. The summed E-state index contributed by atoms with van der Waals surface area (Å²) in [5.41, 5.74) is 7.39. The predicted molar refractivity (Wildman–Crippen MR) is 84.5 cm³/mol. The lowest BCUT2D eigenvalue weighted by Gasteiger charge is -2.12. The van der Waals surface area contributed by atoms with Crippen LogP contribution in [0.2, 0.25) is 0 Å². The molecule has 0 spiro atoms. The standard InChI is InChI=1S/C16H19N3O3/c1-21-12-3-4-15(22-2)11(9-12)5-8-19-14-6-7-18-10-13(14)16(17)20/h3-4,6-7,9-10H,5,8H2,1-2H3,(H2,17,20)(H,18,19). The molecule has 116 valence electrons. The zero-order chi connectivity index (χ0) is 15.9. The van der Waals surface area contributed by atoms with Crippen molar-refractivity contribution in [3.8, 4) is 11.5 Å². The van der Waals surface area contributed by atoms with Crippen LogP contribution in [0.25, 0.3) is 0 Å². The SMILES string of the molecule is COc1ccc(OC)c(CCNc2ccncc2C(N)=O)c1. The minimum Gasteiger partial charge on any atom is -0.497 e. The van der Waals surface area contributed by atoms with Crippen LogP contribution in [0.1, 0.15) is 15.9 Å². The molecule has 1 amide bonds. The highest BCUT2D eigenvalue weighted by Gasteiger charge is 2.09. The van der Waals surface area contributed by atoms with Gasteiger partial charge in [-0.3, -0.25) is 9.78 Å². The summed E-state index contributed by atoms with van der Waals surface area (Å²) in [6.07, 6.45) is 3.78. The van der Waals surface area contributed by atoms with Crippen molar-refractivity contribution in [1.29, 1.82) is 0 Å². The van der Waals surface area contributed by atoms with Crippen LogP contribution in [0.3, 0.4) is 0 Å². The fourth-order valence-corrected chi connectivity index (χ4v) is 2.15. The third-order valence-electron chi connectivity index (χ3n) is 3.28. The lowest BCUT2D eigenvalue weighted by molar-refractivity contribution is 0.100. The fourth-order valence-electron chi connectivity index (χ4n) is 2.15. The van der Waals surface area contributed by atoms with E-state index in [0.717, 1.165) is 17.1 Å². The summed E-state index contributed by atoms with van der Waals surface area (Å²) in [5, 5.41) is 3.19. The molecule has 0 aliphatic carbocycles. The second-order valence-electron chi connectivity index (χ2n) is 4.64. The van der Waals surface area contributed by atoms with Crippen molar-refractivity contribution < 1.29 is 14.3 Å². The van der Waals surface area contributed by atoms with Crippen molar-refractivity contribution in [1.82, 2.24) is 4.98 Å². The molecule has 6 nitrogen and oxygen atoms in total. The van der Waals surface area contributed by atoms with Gasteiger partial charge in [-0.2, -0.15) is 0 Å². The van der Waals surface area contributed by atoms with Crippen LogP contribution >= 0.6 is 0 Å². The maximum Gasteiger partial charge on any atom is 0.252 e. The van der Waals surface area contributed by atoms with Crippen LogP contribution in [0.15, 0.2) is 36.7 Å². The second kappa shape index (κ2) is 7.31. The largest absolute Gasteiger partial charge is 0.497 e. The van der Waals surface area contributed by atoms with Crippen molar-refractivity contribution in [2.24, 2.45) is 5.73 Å². The Labute approximate surface area is 129 Å². The number of hydrogen-bond acceptors (Lipinski definition) is 5.